The molecule has 0 spiro atoms. The second-order valence-corrected chi connectivity index (χ2v) is 6.87. The molecule has 1 aromatic carbocycles. The van der Waals surface area contributed by atoms with Gasteiger partial charge in [0.05, 0.1) is 10.7 Å². The van der Waals surface area contributed by atoms with Crippen LogP contribution in [0.2, 0.25) is 5.02 Å². The van der Waals surface area contributed by atoms with Crippen molar-refractivity contribution in [2.45, 2.75) is 6.92 Å². The highest BCUT2D eigenvalue weighted by Gasteiger charge is 2.22. The Bertz CT molecular complexity index is 982. The van der Waals surface area contributed by atoms with E-state index in [4.69, 9.17) is 11.6 Å². The van der Waals surface area contributed by atoms with E-state index in [1.165, 1.54) is 0 Å². The molecule has 1 aliphatic rings. The molecule has 8 nitrogen and oxygen atoms in total. The highest BCUT2D eigenvalue weighted by molar-refractivity contribution is 6.33. The predicted molar refractivity (Wildman–Crippen MR) is 108 cm³/mol. The zero-order chi connectivity index (χ0) is 19.5. The van der Waals surface area contributed by atoms with Crippen molar-refractivity contribution in [2.75, 3.05) is 36.4 Å². The van der Waals surface area contributed by atoms with Crippen LogP contribution in [0.1, 0.15) is 5.82 Å². The Morgan fingerprint density at radius 1 is 1.07 bits per heavy atom. The number of carbonyl (C=O) groups is 1. The van der Waals surface area contributed by atoms with Gasteiger partial charge in [-0.1, -0.05) is 23.7 Å². The molecule has 1 fully saturated rings. The lowest BCUT2D eigenvalue weighted by molar-refractivity contribution is 0.208. The fourth-order valence-electron chi connectivity index (χ4n) is 3.16. The van der Waals surface area contributed by atoms with Crippen LogP contribution in [0.25, 0.3) is 5.82 Å². The van der Waals surface area contributed by atoms with Gasteiger partial charge in [0.1, 0.15) is 23.8 Å². The second kappa shape index (κ2) is 7.85. The zero-order valence-corrected chi connectivity index (χ0v) is 16.2. The number of urea groups is 1. The molecule has 2 aromatic heterocycles. The van der Waals surface area contributed by atoms with Gasteiger partial charge in [0.25, 0.3) is 0 Å². The number of nitrogens with zero attached hydrogens (tertiary/aromatic N) is 6. The number of hydrogen-bond donors (Lipinski definition) is 1. The number of imidazole rings is 1. The van der Waals surface area contributed by atoms with Gasteiger partial charge in [-0.3, -0.25) is 4.57 Å². The molecular weight excluding hydrogens is 378 g/mol. The minimum Gasteiger partial charge on any atom is -0.353 e. The van der Waals surface area contributed by atoms with E-state index < -0.39 is 0 Å². The first kappa shape index (κ1) is 18.2. The SMILES string of the molecule is Cc1nccn1-c1cc(N2CCN(C(=O)Nc3ccccc3Cl)CC2)ncn1. The summed E-state index contributed by atoms with van der Waals surface area (Å²) in [6, 6.07) is 9.01. The Morgan fingerprint density at radius 2 is 1.82 bits per heavy atom. The van der Waals surface area contributed by atoms with Gasteiger partial charge in [-0.05, 0) is 19.1 Å². The van der Waals surface area contributed by atoms with Gasteiger partial charge in [-0.25, -0.2) is 19.7 Å². The van der Waals surface area contributed by atoms with Crippen molar-refractivity contribution in [2.24, 2.45) is 0 Å². The number of amides is 2. The first-order valence-corrected chi connectivity index (χ1v) is 9.37. The smallest absolute Gasteiger partial charge is 0.322 e. The molecule has 0 unspecified atom stereocenters. The lowest BCUT2D eigenvalue weighted by Crippen LogP contribution is -2.50. The molecule has 0 bridgehead atoms. The first-order chi connectivity index (χ1) is 13.6. The van der Waals surface area contributed by atoms with Crippen molar-refractivity contribution in [3.8, 4) is 5.82 Å². The van der Waals surface area contributed by atoms with Crippen LogP contribution in [-0.4, -0.2) is 56.6 Å². The number of benzene rings is 1. The van der Waals surface area contributed by atoms with E-state index in [0.717, 1.165) is 17.5 Å². The minimum absolute atomic E-state index is 0.148. The number of piperazine rings is 1. The maximum Gasteiger partial charge on any atom is 0.322 e. The van der Waals surface area contributed by atoms with Gasteiger partial charge < -0.3 is 15.1 Å². The number of halogens is 1. The van der Waals surface area contributed by atoms with E-state index in [1.54, 1.807) is 29.6 Å². The molecule has 0 atom stereocenters. The van der Waals surface area contributed by atoms with Gasteiger partial charge in [-0.2, -0.15) is 0 Å². The van der Waals surface area contributed by atoms with Crippen molar-refractivity contribution in [1.82, 2.24) is 24.4 Å². The third-order valence-electron chi connectivity index (χ3n) is 4.72. The molecule has 4 rings (SSSR count). The molecular formula is C19H20ClN7O. The summed E-state index contributed by atoms with van der Waals surface area (Å²) in [5.74, 6) is 2.48. The van der Waals surface area contributed by atoms with E-state index in [0.29, 0.717) is 36.9 Å². The van der Waals surface area contributed by atoms with Gasteiger partial charge in [-0.15, -0.1) is 0 Å². The number of aromatic nitrogens is 4. The summed E-state index contributed by atoms with van der Waals surface area (Å²) >= 11 is 6.12. The maximum atomic E-state index is 12.5. The number of anilines is 2. The van der Waals surface area contributed by atoms with Crippen molar-refractivity contribution in [3.05, 3.63) is 59.9 Å². The average molecular weight is 398 g/mol. The third-order valence-corrected chi connectivity index (χ3v) is 5.05. The molecule has 1 saturated heterocycles. The predicted octanol–water partition coefficient (Wildman–Crippen LogP) is 2.98. The molecule has 3 aromatic rings. The molecule has 3 heterocycles. The summed E-state index contributed by atoms with van der Waals surface area (Å²) in [6.07, 6.45) is 5.17. The quantitative estimate of drug-likeness (QED) is 0.735. The largest absolute Gasteiger partial charge is 0.353 e. The van der Waals surface area contributed by atoms with Gasteiger partial charge >= 0.3 is 6.03 Å². The molecule has 1 aliphatic heterocycles. The van der Waals surface area contributed by atoms with Gasteiger partial charge in [0.15, 0.2) is 0 Å². The maximum absolute atomic E-state index is 12.5. The number of hydrogen-bond acceptors (Lipinski definition) is 5. The van der Waals surface area contributed by atoms with Crippen LogP contribution in [0.15, 0.2) is 49.1 Å². The van der Waals surface area contributed by atoms with E-state index in [2.05, 4.69) is 25.2 Å². The minimum atomic E-state index is -0.148. The van der Waals surface area contributed by atoms with Crippen LogP contribution in [0.5, 0.6) is 0 Å². The summed E-state index contributed by atoms with van der Waals surface area (Å²) in [6.45, 7) is 4.50. The Balaban J connectivity index is 1.40. The van der Waals surface area contributed by atoms with Gasteiger partial charge in [0, 0.05) is 44.6 Å². The normalized spacial score (nSPS) is 14.2. The van der Waals surface area contributed by atoms with E-state index in [1.807, 2.05) is 35.9 Å². The van der Waals surface area contributed by atoms with E-state index in [9.17, 15) is 4.79 Å². The second-order valence-electron chi connectivity index (χ2n) is 6.46. The Labute approximate surface area is 167 Å². The number of aryl methyl sites for hydroxylation is 1. The zero-order valence-electron chi connectivity index (χ0n) is 15.4. The average Bonchev–Trinajstić information content (AvgIpc) is 3.16. The fourth-order valence-corrected chi connectivity index (χ4v) is 3.34. The summed E-state index contributed by atoms with van der Waals surface area (Å²) in [5, 5.41) is 3.39. The number of rotatable bonds is 3. The molecule has 28 heavy (non-hydrogen) atoms. The first-order valence-electron chi connectivity index (χ1n) is 8.99. The Morgan fingerprint density at radius 3 is 2.54 bits per heavy atom. The molecule has 0 saturated carbocycles. The molecule has 2 amide bonds. The Kier molecular flexibility index (Phi) is 5.12. The van der Waals surface area contributed by atoms with Crippen LogP contribution >= 0.6 is 11.6 Å². The van der Waals surface area contributed by atoms with Crippen molar-refractivity contribution in [1.29, 1.82) is 0 Å². The van der Waals surface area contributed by atoms with Crippen molar-refractivity contribution >= 4 is 29.1 Å². The summed E-state index contributed by atoms with van der Waals surface area (Å²) < 4.78 is 1.92. The van der Waals surface area contributed by atoms with Crippen LogP contribution in [0, 0.1) is 6.92 Å². The molecule has 9 heteroatoms. The molecule has 0 aliphatic carbocycles. The van der Waals surface area contributed by atoms with E-state index >= 15 is 0 Å². The monoisotopic (exact) mass is 397 g/mol. The lowest BCUT2D eigenvalue weighted by Gasteiger charge is -2.35. The van der Waals surface area contributed by atoms with Gasteiger partial charge in [0.2, 0.25) is 0 Å². The molecule has 144 valence electrons. The number of carbonyl (C=O) groups excluding carboxylic acids is 1. The number of para-hydroxylation sites is 1. The van der Waals surface area contributed by atoms with Crippen LogP contribution < -0.4 is 10.2 Å². The summed E-state index contributed by atoms with van der Waals surface area (Å²) in [4.78, 5) is 29.4. The third kappa shape index (κ3) is 3.77. The fraction of sp³-hybridized carbons (Fsp3) is 0.263. The topological polar surface area (TPSA) is 79.2 Å². The van der Waals surface area contributed by atoms with E-state index in [-0.39, 0.29) is 6.03 Å². The highest BCUT2D eigenvalue weighted by atomic mass is 35.5. The van der Waals surface area contributed by atoms with Crippen molar-refractivity contribution in [3.63, 3.8) is 0 Å². The standard InChI is InChI=1S/C19H20ClN7O/c1-14-21-6-7-27(14)18-12-17(22-13-23-18)25-8-10-26(11-9-25)19(28)24-16-5-3-2-4-15(16)20/h2-7,12-13H,8-11H2,1H3,(H,24,28). The summed E-state index contributed by atoms with van der Waals surface area (Å²) in [7, 11) is 0. The summed E-state index contributed by atoms with van der Waals surface area (Å²) in [5.41, 5.74) is 0.618. The van der Waals surface area contributed by atoms with Crippen LogP contribution in [0.3, 0.4) is 0 Å². The van der Waals surface area contributed by atoms with Crippen LogP contribution in [-0.2, 0) is 0 Å². The number of nitrogens with one attached hydrogen (secondary N) is 1. The van der Waals surface area contributed by atoms with Crippen LogP contribution in [0.4, 0.5) is 16.3 Å². The molecule has 1 N–H and O–H groups in total. The molecule has 0 radical (unpaired) electrons. The van der Waals surface area contributed by atoms with Crippen molar-refractivity contribution < 1.29 is 4.79 Å². The Hall–Kier alpha value is -3.13. The highest BCUT2D eigenvalue weighted by Crippen LogP contribution is 2.22. The lowest BCUT2D eigenvalue weighted by atomic mass is 10.3.